The summed E-state index contributed by atoms with van der Waals surface area (Å²) in [5.74, 6) is 0.183. The Morgan fingerprint density at radius 3 is 2.60 bits per heavy atom. The van der Waals surface area contributed by atoms with Crippen LogP contribution in [0.25, 0.3) is 0 Å². The first kappa shape index (κ1) is 16.7. The number of hydrogen-bond donors (Lipinski definition) is 0. The lowest BCUT2D eigenvalue weighted by molar-refractivity contribution is -0.385. The first-order chi connectivity index (χ1) is 9.34. The zero-order valence-corrected chi connectivity index (χ0v) is 12.8. The summed E-state index contributed by atoms with van der Waals surface area (Å²) in [5.41, 5.74) is -0.254. The number of nitrogens with zero attached hydrogens (tertiary/aromatic N) is 1. The summed E-state index contributed by atoms with van der Waals surface area (Å²) in [6.07, 6.45) is 0.310. The van der Waals surface area contributed by atoms with E-state index in [4.69, 9.17) is 16.3 Å². The van der Waals surface area contributed by atoms with Crippen molar-refractivity contribution in [3.63, 3.8) is 0 Å². The summed E-state index contributed by atoms with van der Waals surface area (Å²) in [4.78, 5) is 10.2. The molecule has 0 aliphatic heterocycles. The molecular weight excluding hydrogens is 306 g/mol. The number of rotatable bonds is 7. The number of alkyl halides is 1. The van der Waals surface area contributed by atoms with Crippen molar-refractivity contribution in [1.29, 1.82) is 0 Å². The van der Waals surface area contributed by atoms with Gasteiger partial charge in [-0.2, -0.15) is 0 Å². The minimum Gasteiger partial charge on any atom is -0.487 e. The molecular formula is C12H16ClNO5S. The number of hydrogen-bond acceptors (Lipinski definition) is 5. The van der Waals surface area contributed by atoms with Gasteiger partial charge >= 0.3 is 5.69 Å². The summed E-state index contributed by atoms with van der Waals surface area (Å²) in [5, 5.41) is 10.2. The molecule has 1 unspecified atom stereocenters. The lowest BCUT2D eigenvalue weighted by Gasteiger charge is -2.12. The van der Waals surface area contributed by atoms with Crippen LogP contribution in [-0.2, 0) is 9.84 Å². The highest BCUT2D eigenvalue weighted by molar-refractivity contribution is 7.92. The van der Waals surface area contributed by atoms with Gasteiger partial charge in [0.1, 0.15) is 0 Å². The van der Waals surface area contributed by atoms with Crippen LogP contribution in [0.2, 0.25) is 0 Å². The molecule has 0 aliphatic rings. The Kier molecular flexibility index (Phi) is 5.76. The summed E-state index contributed by atoms with van der Waals surface area (Å²) < 4.78 is 29.7. The lowest BCUT2D eigenvalue weighted by atomic mass is 10.3. The quantitative estimate of drug-likeness (QED) is 0.438. The number of benzene rings is 1. The van der Waals surface area contributed by atoms with Crippen LogP contribution in [0.4, 0.5) is 5.69 Å². The maximum atomic E-state index is 12.3. The molecule has 1 rings (SSSR count). The van der Waals surface area contributed by atoms with Crippen LogP contribution >= 0.6 is 11.6 Å². The smallest absolute Gasteiger partial charge is 0.311 e. The molecule has 1 aromatic carbocycles. The molecule has 0 radical (unpaired) electrons. The Bertz CT molecular complexity index is 588. The number of nitro groups is 1. The lowest BCUT2D eigenvalue weighted by Crippen LogP contribution is -2.18. The van der Waals surface area contributed by atoms with Crippen molar-refractivity contribution >= 4 is 27.1 Å². The van der Waals surface area contributed by atoms with E-state index in [2.05, 4.69) is 0 Å². The Hall–Kier alpha value is -1.34. The predicted molar refractivity (Wildman–Crippen MR) is 76.3 cm³/mol. The van der Waals surface area contributed by atoms with Crippen molar-refractivity contribution in [2.75, 3.05) is 12.5 Å². The van der Waals surface area contributed by atoms with Crippen molar-refractivity contribution in [3.8, 4) is 5.75 Å². The SMILES string of the molecule is CCOc1cc(S(=O)(=O)C(C)CCCl)ccc1[N+](=O)[O-]. The highest BCUT2D eigenvalue weighted by atomic mass is 35.5. The summed E-state index contributed by atoms with van der Waals surface area (Å²) in [6, 6.07) is 3.56. The average molecular weight is 322 g/mol. The second kappa shape index (κ2) is 6.90. The third-order valence-corrected chi connectivity index (χ3v) is 5.23. The first-order valence-corrected chi connectivity index (χ1v) is 8.13. The molecule has 0 aliphatic carbocycles. The molecule has 0 amide bonds. The molecule has 0 aromatic heterocycles. The van der Waals surface area contributed by atoms with Gasteiger partial charge in [-0.15, -0.1) is 11.6 Å². The molecule has 0 heterocycles. The molecule has 0 bridgehead atoms. The van der Waals surface area contributed by atoms with Gasteiger partial charge < -0.3 is 4.74 Å². The van der Waals surface area contributed by atoms with E-state index in [0.29, 0.717) is 6.42 Å². The molecule has 112 valence electrons. The van der Waals surface area contributed by atoms with Crippen LogP contribution in [0, 0.1) is 10.1 Å². The third-order valence-electron chi connectivity index (χ3n) is 2.80. The number of nitro benzene ring substituents is 1. The molecule has 6 nitrogen and oxygen atoms in total. The monoisotopic (exact) mass is 321 g/mol. The normalized spacial score (nSPS) is 12.9. The Morgan fingerprint density at radius 2 is 2.10 bits per heavy atom. The molecule has 0 spiro atoms. The van der Waals surface area contributed by atoms with Crippen LogP contribution < -0.4 is 4.74 Å². The van der Waals surface area contributed by atoms with Crippen LogP contribution in [0.15, 0.2) is 23.1 Å². The fourth-order valence-electron chi connectivity index (χ4n) is 1.63. The van der Waals surface area contributed by atoms with Crippen molar-refractivity contribution in [2.45, 2.75) is 30.4 Å². The molecule has 0 fully saturated rings. The zero-order valence-electron chi connectivity index (χ0n) is 11.2. The second-order valence-electron chi connectivity index (χ2n) is 4.15. The molecule has 1 atom stereocenters. The van der Waals surface area contributed by atoms with Crippen molar-refractivity contribution < 1.29 is 18.1 Å². The van der Waals surface area contributed by atoms with Crippen LogP contribution in [0.1, 0.15) is 20.3 Å². The summed E-state index contributed by atoms with van der Waals surface area (Å²) in [6.45, 7) is 3.43. The van der Waals surface area contributed by atoms with E-state index in [-0.39, 0.29) is 28.8 Å². The van der Waals surface area contributed by atoms with Crippen LogP contribution in [0.3, 0.4) is 0 Å². The maximum absolute atomic E-state index is 12.3. The number of halogens is 1. The fraction of sp³-hybridized carbons (Fsp3) is 0.500. The van der Waals surface area contributed by atoms with E-state index in [1.54, 1.807) is 13.8 Å². The standard InChI is InChI=1S/C12H16ClNO5S/c1-3-19-12-8-10(4-5-11(12)14(15)16)20(17,18)9(2)6-7-13/h4-5,8-9H,3,6-7H2,1-2H3. The highest BCUT2D eigenvalue weighted by Gasteiger charge is 2.26. The van der Waals surface area contributed by atoms with Crippen molar-refractivity contribution in [2.24, 2.45) is 0 Å². The number of ether oxygens (including phenoxy) is 1. The molecule has 8 heteroatoms. The number of sulfone groups is 1. The summed E-state index contributed by atoms with van der Waals surface area (Å²) >= 11 is 5.56. The van der Waals surface area contributed by atoms with E-state index >= 15 is 0 Å². The maximum Gasteiger partial charge on any atom is 0.311 e. The van der Waals surface area contributed by atoms with E-state index < -0.39 is 20.0 Å². The van der Waals surface area contributed by atoms with Gasteiger partial charge in [0, 0.05) is 18.0 Å². The van der Waals surface area contributed by atoms with E-state index in [0.717, 1.165) is 6.07 Å². The minimum absolute atomic E-state index is 0.00386. The Balaban J connectivity index is 3.27. The van der Waals surface area contributed by atoms with Crippen LogP contribution in [-0.4, -0.2) is 31.1 Å². The van der Waals surface area contributed by atoms with Gasteiger partial charge in [-0.05, 0) is 26.3 Å². The largest absolute Gasteiger partial charge is 0.487 e. The molecule has 20 heavy (non-hydrogen) atoms. The molecule has 0 N–H and O–H groups in total. The van der Waals surface area contributed by atoms with Crippen LogP contribution in [0.5, 0.6) is 5.75 Å². The van der Waals surface area contributed by atoms with E-state index in [1.807, 2.05) is 0 Å². The molecule has 0 saturated heterocycles. The second-order valence-corrected chi connectivity index (χ2v) is 6.90. The van der Waals surface area contributed by atoms with Gasteiger partial charge in [-0.3, -0.25) is 10.1 Å². The van der Waals surface area contributed by atoms with Gasteiger partial charge in [0.25, 0.3) is 0 Å². The van der Waals surface area contributed by atoms with Crippen molar-refractivity contribution in [1.82, 2.24) is 0 Å². The third kappa shape index (κ3) is 3.61. The first-order valence-electron chi connectivity index (χ1n) is 6.05. The van der Waals surface area contributed by atoms with E-state index in [1.165, 1.54) is 12.1 Å². The Morgan fingerprint density at radius 1 is 1.45 bits per heavy atom. The van der Waals surface area contributed by atoms with Gasteiger partial charge in [0.05, 0.1) is 21.7 Å². The molecule has 1 aromatic rings. The van der Waals surface area contributed by atoms with E-state index in [9.17, 15) is 18.5 Å². The van der Waals surface area contributed by atoms with Gasteiger partial charge in [0.2, 0.25) is 0 Å². The molecule has 0 saturated carbocycles. The van der Waals surface area contributed by atoms with Crippen molar-refractivity contribution in [3.05, 3.63) is 28.3 Å². The van der Waals surface area contributed by atoms with Gasteiger partial charge in [-0.25, -0.2) is 8.42 Å². The predicted octanol–water partition coefficient (Wildman–Crippen LogP) is 2.78. The fourth-order valence-corrected chi connectivity index (χ4v) is 3.51. The minimum atomic E-state index is -3.57. The zero-order chi connectivity index (χ0) is 15.3. The topological polar surface area (TPSA) is 86.5 Å². The average Bonchev–Trinajstić information content (AvgIpc) is 2.39. The van der Waals surface area contributed by atoms with Gasteiger partial charge in [0.15, 0.2) is 15.6 Å². The summed E-state index contributed by atoms with van der Waals surface area (Å²) in [7, 11) is -3.57. The highest BCUT2D eigenvalue weighted by Crippen LogP contribution is 2.31. The van der Waals surface area contributed by atoms with Gasteiger partial charge in [-0.1, -0.05) is 0 Å². The Labute approximate surface area is 122 Å².